The molecule has 0 heterocycles. The largest absolute Gasteiger partial charge is 0.508 e. The molecule has 604 valence electrons. The first kappa shape index (κ1) is 95.4. The molecule has 1 rings (SSSR count). The van der Waals surface area contributed by atoms with Crippen LogP contribution in [0.2, 0.25) is 0 Å². The van der Waals surface area contributed by atoms with Crippen molar-refractivity contribution >= 4 is 118 Å². The van der Waals surface area contributed by atoms with Gasteiger partial charge >= 0.3 is 18.0 Å². The van der Waals surface area contributed by atoms with Crippen LogP contribution in [0.3, 0.4) is 0 Å². The summed E-state index contributed by atoms with van der Waals surface area (Å²) in [5.74, 6) is -12.2. The van der Waals surface area contributed by atoms with Gasteiger partial charge in [0.15, 0.2) is 11.9 Å². The van der Waals surface area contributed by atoms with E-state index in [1.54, 1.807) is 67.9 Å². The summed E-state index contributed by atoms with van der Waals surface area (Å²) in [4.78, 5) is 200. The van der Waals surface area contributed by atoms with Crippen molar-refractivity contribution in [1.82, 2.24) is 69.1 Å². The second kappa shape index (κ2) is 51.6. The van der Waals surface area contributed by atoms with Gasteiger partial charge in [-0.3, -0.25) is 62.7 Å². The Morgan fingerprint density at radius 3 is 1.06 bits per heavy atom. The number of aliphatic carboxylic acids is 1. The number of hydrogen-bond donors (Lipinski definition) is 22. The number of guanidine groups is 2. The summed E-state index contributed by atoms with van der Waals surface area (Å²) < 4.78 is 0. The predicted octanol–water partition coefficient (Wildman–Crippen LogP) is -3.77. The van der Waals surface area contributed by atoms with Crippen molar-refractivity contribution in [2.75, 3.05) is 56.7 Å². The molecule has 11 atom stereocenters. The maximum Gasteiger partial charge on any atom is 0.326 e. The maximum atomic E-state index is 14.8. The zero-order valence-corrected chi connectivity index (χ0v) is 64.6. The lowest BCUT2D eigenvalue weighted by atomic mass is 9.98. The molecule has 0 spiro atoms. The van der Waals surface area contributed by atoms with E-state index >= 15 is 0 Å². The average molecular weight is 1550 g/mol. The van der Waals surface area contributed by atoms with Crippen LogP contribution in [-0.2, 0) is 64.0 Å². The van der Waals surface area contributed by atoms with Crippen molar-refractivity contribution in [3.05, 3.63) is 29.8 Å². The van der Waals surface area contributed by atoms with Gasteiger partial charge in [0.25, 0.3) is 0 Å². The third kappa shape index (κ3) is 40.1. The van der Waals surface area contributed by atoms with Crippen LogP contribution in [0.25, 0.3) is 0 Å². The van der Waals surface area contributed by atoms with Crippen LogP contribution in [0.4, 0.5) is 9.59 Å². The highest BCUT2D eigenvalue weighted by molar-refractivity contribution is 7.98. The first-order valence-electron chi connectivity index (χ1n) is 35.5. The fourth-order valence-corrected chi connectivity index (χ4v) is 11.5. The van der Waals surface area contributed by atoms with Gasteiger partial charge in [0.05, 0.1) is 6.54 Å². The first-order chi connectivity index (χ1) is 50.3. The van der Waals surface area contributed by atoms with Crippen LogP contribution in [0, 0.1) is 23.7 Å². The summed E-state index contributed by atoms with van der Waals surface area (Å²) in [6.45, 7) is 13.0. The molecule has 0 aromatic heterocycles. The first-order valence-corrected chi connectivity index (χ1v) is 38.3. The molecule has 38 nitrogen and oxygen atoms in total. The van der Waals surface area contributed by atoms with E-state index in [9.17, 15) is 77.3 Å². The lowest BCUT2D eigenvalue weighted by Gasteiger charge is -2.30. The van der Waals surface area contributed by atoms with Crippen LogP contribution in [-0.4, -0.2) is 228 Å². The van der Waals surface area contributed by atoms with E-state index < -0.39 is 168 Å². The van der Waals surface area contributed by atoms with Gasteiger partial charge in [0, 0.05) is 32.6 Å². The number of phenolic OH excluding ortho intramolecular Hbond substituents is 1. The summed E-state index contributed by atoms with van der Waals surface area (Å²) in [6, 6.07) is -11.2. The molecule has 1 aromatic rings. The van der Waals surface area contributed by atoms with Crippen molar-refractivity contribution in [2.24, 2.45) is 73.8 Å². The van der Waals surface area contributed by atoms with Crippen molar-refractivity contribution in [2.45, 2.75) is 205 Å². The molecule has 0 aliphatic heterocycles. The molecular formula is C67H118N22O16S2. The van der Waals surface area contributed by atoms with Gasteiger partial charge in [0.2, 0.25) is 65.0 Å². The quantitative estimate of drug-likeness (QED) is 0.0169. The maximum absolute atomic E-state index is 14.8. The molecule has 0 aliphatic rings. The molecule has 0 unspecified atom stereocenters. The molecule has 0 saturated carbocycles. The normalized spacial score (nSPS) is 14.2. The van der Waals surface area contributed by atoms with Crippen LogP contribution in [0.5, 0.6) is 5.75 Å². The number of aliphatic imine (C=N–C) groups is 2. The van der Waals surface area contributed by atoms with Crippen LogP contribution in [0.15, 0.2) is 34.3 Å². The predicted molar refractivity (Wildman–Crippen MR) is 408 cm³/mol. The Bertz CT molecular complexity index is 3120. The van der Waals surface area contributed by atoms with Gasteiger partial charge in [-0.2, -0.15) is 23.5 Å². The Balaban J connectivity index is 3.85. The van der Waals surface area contributed by atoms with Gasteiger partial charge in [-0.25, -0.2) is 14.4 Å². The number of carbonyl (C=O) groups excluding carboxylic acids is 13. The number of rotatable bonds is 53. The molecule has 0 radical (unpaired) electrons. The monoisotopic (exact) mass is 1550 g/mol. The molecule has 15 amide bonds. The number of carboxylic acids is 1. The van der Waals surface area contributed by atoms with Gasteiger partial charge in [-0.05, 0) is 142 Å². The minimum Gasteiger partial charge on any atom is -0.508 e. The zero-order chi connectivity index (χ0) is 81.0. The smallest absolute Gasteiger partial charge is 0.326 e. The number of aromatic hydroxyl groups is 1. The van der Waals surface area contributed by atoms with Crippen LogP contribution in [0.1, 0.15) is 138 Å². The minimum absolute atomic E-state index is 0.00310. The van der Waals surface area contributed by atoms with E-state index in [0.717, 1.165) is 0 Å². The number of nitrogens with zero attached hydrogens (tertiary/aromatic N) is 2. The van der Waals surface area contributed by atoms with Crippen LogP contribution < -0.4 is 109 Å². The Hall–Kier alpha value is -9.60. The number of nitrogens with one attached hydrogen (secondary N) is 13. The van der Waals surface area contributed by atoms with Crippen LogP contribution >= 0.6 is 23.5 Å². The molecule has 40 heteroatoms. The lowest BCUT2D eigenvalue weighted by molar-refractivity contribution is -0.142. The Morgan fingerprint density at radius 1 is 0.402 bits per heavy atom. The number of hydrogen-bond acceptors (Lipinski definition) is 20. The molecule has 1 aromatic carbocycles. The van der Waals surface area contributed by atoms with E-state index in [-0.39, 0.29) is 139 Å². The summed E-state index contributed by atoms with van der Waals surface area (Å²) in [5, 5.41) is 54.0. The molecule has 0 saturated heterocycles. The van der Waals surface area contributed by atoms with E-state index in [2.05, 4.69) is 79.1 Å². The van der Waals surface area contributed by atoms with Gasteiger partial charge in [0.1, 0.15) is 72.2 Å². The molecule has 0 fully saturated rings. The fraction of sp³-hybridized carbons (Fsp3) is 0.672. The van der Waals surface area contributed by atoms with Gasteiger partial charge < -0.3 is 119 Å². The number of benzene rings is 1. The number of nitrogens with two attached hydrogens (primary N) is 7. The summed E-state index contributed by atoms with van der Waals surface area (Å²) in [6.07, 6.45) is 2.99. The number of carbonyl (C=O) groups is 14. The Morgan fingerprint density at radius 2 is 0.710 bits per heavy atom. The molecule has 0 bridgehead atoms. The molecule has 0 aliphatic carbocycles. The van der Waals surface area contributed by atoms with Crippen molar-refractivity contribution in [3.8, 4) is 5.75 Å². The zero-order valence-electron chi connectivity index (χ0n) is 63.0. The summed E-state index contributed by atoms with van der Waals surface area (Å²) in [5.41, 5.74) is 38.7. The van der Waals surface area contributed by atoms with E-state index in [0.29, 0.717) is 17.1 Å². The highest BCUT2D eigenvalue weighted by Gasteiger charge is 2.38. The number of urea groups is 2. The Labute approximate surface area is 633 Å². The standard InChI is InChI=1S/C67H118N22O16S2/c1-35(2)31-47(58(97)80-41(16-12-27-77-66(73)104)53(92)81-44(23-29-106-9)56(95)82-45(24-30-107-10)57(96)84-46(63(102)103)18-14-26-76-65(71)72)85-55(94)42(17-13-28-78-67(74)105)79-54(93)43(15-11-25-75-64(69)70)83-62(101)52(38(7)8)89-60(99)48(32-36(3)4)86-59(98)49(33-39-19-21-40(90)22-20-39)87-61(100)51(37(5)6)88-50(91)34-68/h19-22,35-38,41-49,51-52,90H,11-18,23-34,68H2,1-10H3,(H,79,93)(H,80,97)(H,81,92)(H,82,95)(H,83,101)(H,84,96)(H,85,94)(H,86,98)(H,87,100)(H,88,91)(H,89,99)(H,102,103)(H4,69,70,75)(H4,71,72,76)(H3,73,77,104)(H3,74,78,105)/t41-,42-,43-,44-,45-,46-,47-,48-,49-,51-,52-/m0/s1. The number of thioether (sulfide) groups is 2. The molecule has 29 N–H and O–H groups in total. The lowest BCUT2D eigenvalue weighted by Crippen LogP contribution is -2.61. The number of phenols is 1. The van der Waals surface area contributed by atoms with Gasteiger partial charge in [-0.1, -0.05) is 67.5 Å². The van der Waals surface area contributed by atoms with E-state index in [4.69, 9.17) is 40.1 Å². The summed E-state index contributed by atoms with van der Waals surface area (Å²) >= 11 is 2.68. The van der Waals surface area contributed by atoms with Crippen molar-refractivity contribution in [3.63, 3.8) is 0 Å². The third-order valence-electron chi connectivity index (χ3n) is 16.2. The van der Waals surface area contributed by atoms with E-state index in [1.165, 1.54) is 47.8 Å². The minimum atomic E-state index is -1.54. The second-order valence-corrected chi connectivity index (χ2v) is 29.0. The highest BCUT2D eigenvalue weighted by atomic mass is 32.2. The van der Waals surface area contributed by atoms with Crippen molar-refractivity contribution in [1.29, 1.82) is 0 Å². The van der Waals surface area contributed by atoms with Crippen molar-refractivity contribution < 1.29 is 77.3 Å². The molecule has 107 heavy (non-hydrogen) atoms. The summed E-state index contributed by atoms with van der Waals surface area (Å²) in [7, 11) is 0. The average Bonchev–Trinajstić information content (AvgIpc) is 0.855. The Kier molecular flexibility index (Phi) is 46.0. The number of carboxylic acid groups (broad SMARTS) is 1. The number of primary amides is 2. The second-order valence-electron chi connectivity index (χ2n) is 27.1. The third-order valence-corrected chi connectivity index (χ3v) is 17.5. The van der Waals surface area contributed by atoms with E-state index in [1.807, 2.05) is 0 Å². The SMILES string of the molecule is CSCC[C@H](NC(=O)[C@H](CCSC)NC(=O)[C@H](CCCNC(N)=O)NC(=O)[C@H](CC(C)C)NC(=O)[C@H](CCCNC(N)=O)NC(=O)[C@H](CCCN=C(N)N)NC(=O)[C@@H](NC(=O)[C@H](CC(C)C)NC(=O)[C@H](Cc1ccc(O)cc1)NC(=O)[C@@H](NC(=O)CN)C(C)C)C(C)C)C(=O)N[C@@H](CCCN=C(N)N)C(=O)O. The topological polar surface area (TPSA) is 643 Å². The molecular weight excluding hydrogens is 1430 g/mol. The highest BCUT2D eigenvalue weighted by Crippen LogP contribution is 2.17. The fourth-order valence-electron chi connectivity index (χ4n) is 10.6. The van der Waals surface area contributed by atoms with Gasteiger partial charge in [-0.15, -0.1) is 0 Å². The number of amides is 15.